The van der Waals surface area contributed by atoms with E-state index in [1.54, 1.807) is 25.7 Å². The van der Waals surface area contributed by atoms with Crippen LogP contribution >= 0.6 is 0 Å². The molecule has 0 heterocycles. The van der Waals surface area contributed by atoms with Gasteiger partial charge in [0.1, 0.15) is 0 Å². The lowest BCUT2D eigenvalue weighted by Gasteiger charge is -2.22. The van der Waals surface area contributed by atoms with Crippen molar-refractivity contribution >= 4 is 20.5 Å². The third kappa shape index (κ3) is 1.74. The lowest BCUT2D eigenvalue weighted by molar-refractivity contribution is 0.504. The summed E-state index contributed by atoms with van der Waals surface area (Å²) >= 11 is 0. The molecule has 0 amide bonds. The lowest BCUT2D eigenvalue weighted by atomic mass is 9.99. The van der Waals surface area contributed by atoms with Crippen LogP contribution in [0.25, 0.3) is 0 Å². The van der Waals surface area contributed by atoms with E-state index in [0.717, 1.165) is 0 Å². The van der Waals surface area contributed by atoms with Crippen molar-refractivity contribution < 1.29 is 0 Å². The zero-order valence-electron chi connectivity index (χ0n) is 5.98. The second-order valence-electron chi connectivity index (χ2n) is 3.37. The van der Waals surface area contributed by atoms with Gasteiger partial charge in [-0.05, 0) is 0 Å². The fourth-order valence-electron chi connectivity index (χ4n) is 1.43. The van der Waals surface area contributed by atoms with Crippen molar-refractivity contribution in [2.24, 2.45) is 0 Å². The summed E-state index contributed by atoms with van der Waals surface area (Å²) < 4.78 is 0. The van der Waals surface area contributed by atoms with Gasteiger partial charge >= 0.3 is 0 Å². The summed E-state index contributed by atoms with van der Waals surface area (Å²) in [7, 11) is 2.91. The van der Waals surface area contributed by atoms with E-state index in [4.69, 9.17) is 0 Å². The molecule has 0 saturated heterocycles. The topological polar surface area (TPSA) is 0 Å². The molecular weight excluding hydrogens is 128 g/mol. The molecule has 0 bridgehead atoms. The zero-order valence-corrected chi connectivity index (χ0v) is 9.98. The Morgan fingerprint density at radius 2 is 1.00 bits per heavy atom. The fraction of sp³-hybridized carbons (Fsp3) is 1.00. The highest BCUT2D eigenvalue weighted by molar-refractivity contribution is 6.13. The molecular formula is C6H16Si2. The van der Waals surface area contributed by atoms with Gasteiger partial charge in [0.05, 0.1) is 0 Å². The monoisotopic (exact) mass is 144 g/mol. The van der Waals surface area contributed by atoms with Crippen LogP contribution in [-0.2, 0) is 0 Å². The van der Waals surface area contributed by atoms with Crippen molar-refractivity contribution in [3.63, 3.8) is 0 Å². The minimum absolute atomic E-state index is 1.18. The Balaban J connectivity index is 2.19. The highest BCUT2D eigenvalue weighted by atomic mass is 28.1. The molecule has 0 aromatic heterocycles. The van der Waals surface area contributed by atoms with Gasteiger partial charge in [-0.15, -0.1) is 0 Å². The molecule has 1 fully saturated rings. The van der Waals surface area contributed by atoms with Gasteiger partial charge in [0.15, 0.2) is 0 Å². The molecule has 0 aromatic rings. The standard InChI is InChI=1S/C6H16Si2/c7-5-1-2-6(8)4-3-5/h5-6H,1-4H2,7-8H3. The Labute approximate surface area is 57.9 Å². The van der Waals surface area contributed by atoms with Gasteiger partial charge in [-0.1, -0.05) is 36.8 Å². The second kappa shape index (κ2) is 2.83. The van der Waals surface area contributed by atoms with E-state index in [9.17, 15) is 0 Å². The molecule has 0 N–H and O–H groups in total. The van der Waals surface area contributed by atoms with Crippen LogP contribution in [0.4, 0.5) is 0 Å². The van der Waals surface area contributed by atoms with Gasteiger partial charge in [-0.3, -0.25) is 0 Å². The molecule has 1 rings (SSSR count). The van der Waals surface area contributed by atoms with Crippen LogP contribution < -0.4 is 0 Å². The Hall–Kier alpha value is 0.434. The third-order valence-corrected chi connectivity index (χ3v) is 4.61. The molecule has 0 radical (unpaired) electrons. The van der Waals surface area contributed by atoms with Crippen molar-refractivity contribution in [3.8, 4) is 0 Å². The first-order chi connectivity index (χ1) is 3.79. The van der Waals surface area contributed by atoms with Crippen molar-refractivity contribution in [2.45, 2.75) is 36.8 Å². The van der Waals surface area contributed by atoms with E-state index < -0.39 is 0 Å². The van der Waals surface area contributed by atoms with Gasteiger partial charge in [-0.25, -0.2) is 0 Å². The number of hydrogen-bond acceptors (Lipinski definition) is 0. The van der Waals surface area contributed by atoms with Crippen LogP contribution in [0.1, 0.15) is 25.7 Å². The first kappa shape index (κ1) is 6.55. The molecule has 1 aliphatic rings. The van der Waals surface area contributed by atoms with Crippen molar-refractivity contribution in [1.29, 1.82) is 0 Å². The molecule has 0 unspecified atom stereocenters. The summed E-state index contributed by atoms with van der Waals surface area (Å²) in [5.74, 6) is 0. The molecule has 0 atom stereocenters. The van der Waals surface area contributed by atoms with Crippen molar-refractivity contribution in [2.75, 3.05) is 0 Å². The molecule has 0 nitrogen and oxygen atoms in total. The average molecular weight is 144 g/mol. The zero-order chi connectivity index (χ0) is 5.98. The predicted molar refractivity (Wildman–Crippen MR) is 45.8 cm³/mol. The Morgan fingerprint density at radius 1 is 0.750 bits per heavy atom. The smallest absolute Gasteiger partial charge is 0.00672 e. The molecule has 0 spiro atoms. The van der Waals surface area contributed by atoms with Crippen LogP contribution in [-0.4, -0.2) is 20.5 Å². The molecule has 1 aliphatic carbocycles. The van der Waals surface area contributed by atoms with Crippen molar-refractivity contribution in [1.82, 2.24) is 0 Å². The maximum Gasteiger partial charge on any atom is 0.00672 e. The first-order valence-corrected chi connectivity index (χ1v) is 6.10. The lowest BCUT2D eigenvalue weighted by Crippen LogP contribution is -2.05. The number of hydrogen-bond donors (Lipinski definition) is 0. The van der Waals surface area contributed by atoms with E-state index in [2.05, 4.69) is 0 Å². The molecule has 0 aromatic carbocycles. The molecule has 1 saturated carbocycles. The number of rotatable bonds is 0. The minimum Gasteiger partial charge on any atom is -0.0546 e. The van der Waals surface area contributed by atoms with Crippen LogP contribution in [0, 0.1) is 0 Å². The summed E-state index contributed by atoms with van der Waals surface area (Å²) in [6.07, 6.45) is 6.28. The van der Waals surface area contributed by atoms with Gasteiger partial charge in [0.2, 0.25) is 0 Å². The maximum absolute atomic E-state index is 1.57. The SMILES string of the molecule is [SiH3]C1CCC([SiH3])CC1. The fourth-order valence-corrected chi connectivity index (χ4v) is 2.76. The summed E-state index contributed by atoms with van der Waals surface area (Å²) in [6.45, 7) is 0. The van der Waals surface area contributed by atoms with E-state index >= 15 is 0 Å². The maximum atomic E-state index is 1.57. The first-order valence-electron chi connectivity index (χ1n) is 3.79. The van der Waals surface area contributed by atoms with Gasteiger partial charge < -0.3 is 0 Å². The van der Waals surface area contributed by atoms with Crippen molar-refractivity contribution in [3.05, 3.63) is 0 Å². The third-order valence-electron chi connectivity index (χ3n) is 2.30. The summed E-state index contributed by atoms with van der Waals surface area (Å²) in [4.78, 5) is 0. The average Bonchev–Trinajstić information content (AvgIpc) is 1.77. The quantitative estimate of drug-likeness (QED) is 0.416. The molecule has 2 heteroatoms. The minimum atomic E-state index is 1.18. The predicted octanol–water partition coefficient (Wildman–Crippen LogP) is -0.132. The summed E-state index contributed by atoms with van der Waals surface area (Å²) in [5.41, 5.74) is 2.36. The molecule has 8 heavy (non-hydrogen) atoms. The van der Waals surface area contributed by atoms with Crippen LogP contribution in [0.3, 0.4) is 0 Å². The Kier molecular flexibility index (Phi) is 2.32. The van der Waals surface area contributed by atoms with Gasteiger partial charge in [0.25, 0.3) is 0 Å². The summed E-state index contributed by atoms with van der Waals surface area (Å²) in [5, 5.41) is 0. The molecule has 0 aliphatic heterocycles. The largest absolute Gasteiger partial charge is 0.0546 e. The highest BCUT2D eigenvalue weighted by Crippen LogP contribution is 2.31. The second-order valence-corrected chi connectivity index (χ2v) is 6.63. The molecule has 48 valence electrons. The van der Waals surface area contributed by atoms with Gasteiger partial charge in [0, 0.05) is 20.5 Å². The Morgan fingerprint density at radius 3 is 1.25 bits per heavy atom. The van der Waals surface area contributed by atoms with E-state index in [1.165, 1.54) is 31.6 Å². The van der Waals surface area contributed by atoms with Crippen LogP contribution in [0.15, 0.2) is 0 Å². The van der Waals surface area contributed by atoms with E-state index in [0.29, 0.717) is 0 Å². The summed E-state index contributed by atoms with van der Waals surface area (Å²) in [6, 6.07) is 0. The normalized spacial score (nSPS) is 40.5. The Bertz CT molecular complexity index is 54.9. The van der Waals surface area contributed by atoms with E-state index in [-0.39, 0.29) is 0 Å². The van der Waals surface area contributed by atoms with Crippen LogP contribution in [0.5, 0.6) is 0 Å². The van der Waals surface area contributed by atoms with Crippen LogP contribution in [0.2, 0.25) is 11.1 Å². The van der Waals surface area contributed by atoms with Gasteiger partial charge in [-0.2, -0.15) is 0 Å². The highest BCUT2D eigenvalue weighted by Gasteiger charge is 2.13. The van der Waals surface area contributed by atoms with E-state index in [1.807, 2.05) is 0 Å².